The Hall–Kier alpha value is -1.11. The molecule has 0 radical (unpaired) electrons. The van der Waals surface area contributed by atoms with Gasteiger partial charge in [-0.15, -0.1) is 0 Å². The SMILES string of the molecule is CCCCOCCCNS(=O)(=O)c1ccccc1NCC. The molecule has 0 unspecified atom stereocenters. The van der Waals surface area contributed by atoms with Gasteiger partial charge in [0.25, 0.3) is 0 Å². The zero-order valence-corrected chi connectivity index (χ0v) is 13.7. The summed E-state index contributed by atoms with van der Waals surface area (Å²) in [5.41, 5.74) is 0.631. The van der Waals surface area contributed by atoms with Gasteiger partial charge in [-0.3, -0.25) is 0 Å². The summed E-state index contributed by atoms with van der Waals surface area (Å²) >= 11 is 0. The molecule has 0 fully saturated rings. The quantitative estimate of drug-likeness (QED) is 0.616. The third kappa shape index (κ3) is 6.46. The van der Waals surface area contributed by atoms with Gasteiger partial charge in [0, 0.05) is 26.3 Å². The standard InChI is InChI=1S/C15H26N2O3S/c1-3-5-12-20-13-8-11-17-21(18,19)15-10-7-6-9-14(15)16-4-2/h6-7,9-10,16-17H,3-5,8,11-13H2,1-2H3. The van der Waals surface area contributed by atoms with Crippen molar-refractivity contribution in [3.05, 3.63) is 24.3 Å². The van der Waals surface area contributed by atoms with E-state index in [9.17, 15) is 8.42 Å². The number of hydrogen-bond donors (Lipinski definition) is 2. The van der Waals surface area contributed by atoms with Crippen LogP contribution in [0.15, 0.2) is 29.2 Å². The molecule has 120 valence electrons. The highest BCUT2D eigenvalue weighted by atomic mass is 32.2. The van der Waals surface area contributed by atoms with Crippen LogP contribution in [0.25, 0.3) is 0 Å². The Labute approximate surface area is 128 Å². The normalized spacial score (nSPS) is 11.5. The molecule has 0 spiro atoms. The summed E-state index contributed by atoms with van der Waals surface area (Å²) in [5, 5.41) is 3.06. The van der Waals surface area contributed by atoms with Gasteiger partial charge in [0.1, 0.15) is 4.90 Å². The number of unbranched alkanes of at least 4 members (excludes halogenated alkanes) is 1. The molecule has 0 saturated carbocycles. The number of rotatable bonds is 11. The van der Waals surface area contributed by atoms with Gasteiger partial charge in [0.05, 0.1) is 5.69 Å². The summed E-state index contributed by atoms with van der Waals surface area (Å²) < 4.78 is 32.6. The summed E-state index contributed by atoms with van der Waals surface area (Å²) in [6, 6.07) is 6.92. The van der Waals surface area contributed by atoms with E-state index in [0.717, 1.165) is 19.4 Å². The van der Waals surface area contributed by atoms with Crippen molar-refractivity contribution in [1.82, 2.24) is 4.72 Å². The van der Waals surface area contributed by atoms with E-state index in [2.05, 4.69) is 17.0 Å². The van der Waals surface area contributed by atoms with Crippen LogP contribution in [-0.4, -0.2) is 34.7 Å². The number of para-hydroxylation sites is 1. The molecule has 0 aliphatic rings. The van der Waals surface area contributed by atoms with Gasteiger partial charge in [0.2, 0.25) is 10.0 Å². The highest BCUT2D eigenvalue weighted by Gasteiger charge is 2.16. The fourth-order valence-corrected chi connectivity index (χ4v) is 3.10. The van der Waals surface area contributed by atoms with Crippen molar-refractivity contribution in [3.63, 3.8) is 0 Å². The average molecular weight is 314 g/mol. The summed E-state index contributed by atoms with van der Waals surface area (Å²) in [6.45, 7) is 6.43. The molecule has 5 nitrogen and oxygen atoms in total. The Kier molecular flexibility index (Phi) is 8.34. The lowest BCUT2D eigenvalue weighted by atomic mass is 10.3. The summed E-state index contributed by atoms with van der Waals surface area (Å²) in [7, 11) is -3.48. The third-order valence-electron chi connectivity index (χ3n) is 2.94. The van der Waals surface area contributed by atoms with E-state index in [1.807, 2.05) is 13.0 Å². The lowest BCUT2D eigenvalue weighted by molar-refractivity contribution is 0.130. The molecule has 0 heterocycles. The monoisotopic (exact) mass is 314 g/mol. The molecular weight excluding hydrogens is 288 g/mol. The fraction of sp³-hybridized carbons (Fsp3) is 0.600. The average Bonchev–Trinajstić information content (AvgIpc) is 2.47. The highest BCUT2D eigenvalue weighted by Crippen LogP contribution is 2.20. The van der Waals surface area contributed by atoms with Crippen molar-refractivity contribution >= 4 is 15.7 Å². The predicted octanol–water partition coefficient (Wildman–Crippen LogP) is 2.60. The van der Waals surface area contributed by atoms with Gasteiger partial charge in [-0.2, -0.15) is 0 Å². The van der Waals surface area contributed by atoms with E-state index in [4.69, 9.17) is 4.74 Å². The first-order valence-electron chi connectivity index (χ1n) is 7.52. The molecule has 0 aliphatic heterocycles. The minimum atomic E-state index is -3.48. The first-order valence-corrected chi connectivity index (χ1v) is 9.00. The number of nitrogens with one attached hydrogen (secondary N) is 2. The number of sulfonamides is 1. The molecule has 6 heteroatoms. The van der Waals surface area contributed by atoms with Crippen molar-refractivity contribution in [2.45, 2.75) is 38.0 Å². The van der Waals surface area contributed by atoms with Gasteiger partial charge in [-0.05, 0) is 31.9 Å². The second kappa shape index (κ2) is 9.76. The third-order valence-corrected chi connectivity index (χ3v) is 4.46. The lowest BCUT2D eigenvalue weighted by Crippen LogP contribution is -2.26. The van der Waals surface area contributed by atoms with Crippen molar-refractivity contribution in [1.29, 1.82) is 0 Å². The Balaban J connectivity index is 2.46. The van der Waals surface area contributed by atoms with Crippen LogP contribution in [0.5, 0.6) is 0 Å². The van der Waals surface area contributed by atoms with E-state index in [-0.39, 0.29) is 0 Å². The Morgan fingerprint density at radius 1 is 1.10 bits per heavy atom. The Bertz CT molecular complexity index is 503. The predicted molar refractivity (Wildman–Crippen MR) is 86.1 cm³/mol. The molecule has 21 heavy (non-hydrogen) atoms. The largest absolute Gasteiger partial charge is 0.384 e. The molecule has 1 aromatic carbocycles. The molecule has 0 atom stereocenters. The van der Waals surface area contributed by atoms with Gasteiger partial charge in [-0.1, -0.05) is 25.5 Å². The molecule has 0 bridgehead atoms. The van der Waals surface area contributed by atoms with Gasteiger partial charge >= 0.3 is 0 Å². The summed E-state index contributed by atoms with van der Waals surface area (Å²) in [4.78, 5) is 0.291. The van der Waals surface area contributed by atoms with Crippen LogP contribution in [0.4, 0.5) is 5.69 Å². The maximum Gasteiger partial charge on any atom is 0.242 e. The molecule has 2 N–H and O–H groups in total. The molecule has 1 aromatic rings. The molecule has 0 aliphatic carbocycles. The maximum atomic E-state index is 12.3. The van der Waals surface area contributed by atoms with E-state index < -0.39 is 10.0 Å². The molecule has 0 amide bonds. The number of ether oxygens (including phenoxy) is 1. The highest BCUT2D eigenvalue weighted by molar-refractivity contribution is 7.89. The van der Waals surface area contributed by atoms with Gasteiger partial charge in [0.15, 0.2) is 0 Å². The van der Waals surface area contributed by atoms with E-state index in [0.29, 0.717) is 36.7 Å². The zero-order chi connectivity index (χ0) is 15.6. The van der Waals surface area contributed by atoms with Crippen LogP contribution in [0.1, 0.15) is 33.1 Å². The Morgan fingerprint density at radius 2 is 1.81 bits per heavy atom. The summed E-state index contributed by atoms with van der Waals surface area (Å²) in [6.07, 6.45) is 2.82. The lowest BCUT2D eigenvalue weighted by Gasteiger charge is -2.12. The second-order valence-corrected chi connectivity index (χ2v) is 6.48. The zero-order valence-electron chi connectivity index (χ0n) is 12.9. The van der Waals surface area contributed by atoms with Crippen LogP contribution < -0.4 is 10.0 Å². The van der Waals surface area contributed by atoms with Crippen molar-refractivity contribution in [3.8, 4) is 0 Å². The van der Waals surface area contributed by atoms with Crippen LogP contribution in [-0.2, 0) is 14.8 Å². The minimum absolute atomic E-state index is 0.291. The molecule has 0 aromatic heterocycles. The van der Waals surface area contributed by atoms with Gasteiger partial charge < -0.3 is 10.1 Å². The van der Waals surface area contributed by atoms with E-state index >= 15 is 0 Å². The van der Waals surface area contributed by atoms with E-state index in [1.54, 1.807) is 18.2 Å². The fourth-order valence-electron chi connectivity index (χ4n) is 1.84. The Morgan fingerprint density at radius 3 is 2.52 bits per heavy atom. The molecule has 0 saturated heterocycles. The van der Waals surface area contributed by atoms with Crippen LogP contribution in [0, 0.1) is 0 Å². The second-order valence-electron chi connectivity index (χ2n) is 4.74. The summed E-state index contributed by atoms with van der Waals surface area (Å²) in [5.74, 6) is 0. The number of hydrogen-bond acceptors (Lipinski definition) is 4. The first-order chi connectivity index (χ1) is 10.1. The topological polar surface area (TPSA) is 67.4 Å². The van der Waals surface area contributed by atoms with Crippen LogP contribution in [0.2, 0.25) is 0 Å². The van der Waals surface area contributed by atoms with Crippen LogP contribution >= 0.6 is 0 Å². The smallest absolute Gasteiger partial charge is 0.242 e. The van der Waals surface area contributed by atoms with Crippen molar-refractivity contribution < 1.29 is 13.2 Å². The van der Waals surface area contributed by atoms with Crippen LogP contribution in [0.3, 0.4) is 0 Å². The van der Waals surface area contributed by atoms with Crippen molar-refractivity contribution in [2.24, 2.45) is 0 Å². The van der Waals surface area contributed by atoms with Crippen molar-refractivity contribution in [2.75, 3.05) is 31.6 Å². The molecule has 1 rings (SSSR count). The minimum Gasteiger partial charge on any atom is -0.384 e. The first kappa shape index (κ1) is 17.9. The van der Waals surface area contributed by atoms with Gasteiger partial charge in [-0.25, -0.2) is 13.1 Å². The molecular formula is C15H26N2O3S. The van der Waals surface area contributed by atoms with E-state index in [1.165, 1.54) is 0 Å². The maximum absolute atomic E-state index is 12.3. The number of benzene rings is 1. The number of anilines is 1.